The summed E-state index contributed by atoms with van der Waals surface area (Å²) in [5, 5.41) is 8.95. The van der Waals surface area contributed by atoms with Crippen molar-refractivity contribution in [2.45, 2.75) is 6.92 Å². The molecule has 2 heteroatoms. The van der Waals surface area contributed by atoms with Crippen molar-refractivity contribution in [1.82, 2.24) is 0 Å². The molecule has 0 unspecified atom stereocenters. The first kappa shape index (κ1) is 3.49. The highest BCUT2D eigenvalue weighted by molar-refractivity contribution is 5.59. The second kappa shape index (κ2) is 3.27. The number of rotatable bonds is 1. The zero-order chi connectivity index (χ0) is 14.1. The zero-order valence-electron chi connectivity index (χ0n) is 12.6. The summed E-state index contributed by atoms with van der Waals surface area (Å²) in [4.78, 5) is 0.325. The summed E-state index contributed by atoms with van der Waals surface area (Å²) >= 11 is 0. The van der Waals surface area contributed by atoms with Gasteiger partial charge in [0.2, 0.25) is 0 Å². The van der Waals surface area contributed by atoms with Gasteiger partial charge in [-0.25, -0.2) is 0 Å². The summed E-state index contributed by atoms with van der Waals surface area (Å²) in [6.07, 6.45) is 0. The Labute approximate surface area is 81.5 Å². The van der Waals surface area contributed by atoms with Crippen molar-refractivity contribution < 1.29 is 8.22 Å². The molecule has 2 nitrogen and oxygen atoms in total. The second-order valence-corrected chi connectivity index (χ2v) is 2.47. The number of anilines is 1. The van der Waals surface area contributed by atoms with Crippen molar-refractivity contribution in [2.75, 3.05) is 18.9 Å². The number of aryl methyl sites for hydroxylation is 1. The molecule has 0 spiro atoms. The largest absolute Gasteiger partial charge is 0.377 e. The van der Waals surface area contributed by atoms with Gasteiger partial charge in [0.15, 0.2) is 0 Å². The Hall–Kier alpha value is -1.49. The van der Waals surface area contributed by atoms with Gasteiger partial charge in [0, 0.05) is 22.2 Å². The molecule has 0 saturated carbocycles. The van der Waals surface area contributed by atoms with Crippen LogP contribution in [0.25, 0.3) is 0 Å². The molecule has 0 atom stereocenters. The van der Waals surface area contributed by atoms with E-state index in [1.807, 2.05) is 0 Å². The van der Waals surface area contributed by atoms with Gasteiger partial charge in [-0.15, -0.1) is 0 Å². The van der Waals surface area contributed by atoms with Gasteiger partial charge in [-0.2, -0.15) is 5.26 Å². The van der Waals surface area contributed by atoms with Crippen LogP contribution in [0.3, 0.4) is 0 Å². The predicted molar refractivity (Wildman–Crippen MR) is 50.2 cm³/mol. The van der Waals surface area contributed by atoms with E-state index in [0.29, 0.717) is 10.5 Å². The van der Waals surface area contributed by atoms with Crippen LogP contribution in [0, 0.1) is 18.3 Å². The third-order valence-corrected chi connectivity index (χ3v) is 1.51. The average Bonchev–Trinajstić information content (AvgIpc) is 2.13. The lowest BCUT2D eigenvalue weighted by atomic mass is 10.1. The van der Waals surface area contributed by atoms with Crippen LogP contribution in [0.4, 0.5) is 5.69 Å². The molecular weight excluding hydrogens is 148 g/mol. The molecule has 0 saturated heterocycles. The van der Waals surface area contributed by atoms with Crippen molar-refractivity contribution in [2.24, 2.45) is 0 Å². The summed E-state index contributed by atoms with van der Waals surface area (Å²) in [6.45, 7) is -3.99. The molecule has 12 heavy (non-hydrogen) atoms. The van der Waals surface area contributed by atoms with Crippen LogP contribution in [0.2, 0.25) is 0 Å². The molecule has 0 aliphatic carbocycles. The van der Waals surface area contributed by atoms with Crippen LogP contribution in [-0.2, 0) is 0 Å². The van der Waals surface area contributed by atoms with Crippen molar-refractivity contribution >= 4 is 5.69 Å². The third kappa shape index (κ3) is 1.57. The van der Waals surface area contributed by atoms with Crippen molar-refractivity contribution in [3.63, 3.8) is 0 Å². The molecule has 62 valence electrons. The van der Waals surface area contributed by atoms with Crippen LogP contribution in [0.5, 0.6) is 0 Å². The highest BCUT2D eigenvalue weighted by atomic mass is 15.1. The molecule has 1 rings (SSSR count). The quantitative estimate of drug-likeness (QED) is 0.637. The molecule has 0 bridgehead atoms. The van der Waals surface area contributed by atoms with Crippen molar-refractivity contribution in [3.8, 4) is 6.07 Å². The number of hydrogen-bond acceptors (Lipinski definition) is 2. The number of nitrogens with zero attached hydrogens (tertiary/aromatic N) is 2. The van der Waals surface area contributed by atoms with E-state index in [9.17, 15) is 0 Å². The van der Waals surface area contributed by atoms with E-state index in [-0.39, 0.29) is 11.3 Å². The van der Waals surface area contributed by atoms with Gasteiger partial charge >= 0.3 is 0 Å². The molecule has 1 aromatic rings. The Morgan fingerprint density at radius 1 is 1.50 bits per heavy atom. The van der Waals surface area contributed by atoms with Crippen LogP contribution >= 0.6 is 0 Å². The molecule has 0 N–H and O–H groups in total. The number of hydrogen-bond donors (Lipinski definition) is 0. The lowest BCUT2D eigenvalue weighted by Crippen LogP contribution is -2.10. The predicted octanol–water partition coefficient (Wildman–Crippen LogP) is 1.93. The van der Waals surface area contributed by atoms with E-state index in [4.69, 9.17) is 13.5 Å². The maximum absolute atomic E-state index is 8.95. The summed E-state index contributed by atoms with van der Waals surface area (Å²) < 4.78 is 43.9. The summed E-state index contributed by atoms with van der Waals surface area (Å²) in [7, 11) is 0. The molecular formula is C10H12N2. The van der Waals surface area contributed by atoms with E-state index in [0.717, 1.165) is 0 Å². The van der Waals surface area contributed by atoms with Gasteiger partial charge in [-0.1, -0.05) is 6.07 Å². The van der Waals surface area contributed by atoms with E-state index in [1.165, 1.54) is 12.1 Å². The molecule has 0 amide bonds. The fourth-order valence-corrected chi connectivity index (χ4v) is 0.921. The SMILES string of the molecule is [2H]C([2H])([2H])N(c1cc(C)ccc1C#N)C([2H])([2H])[2H]. The van der Waals surface area contributed by atoms with E-state index in [2.05, 4.69) is 0 Å². The maximum atomic E-state index is 8.95. The molecule has 1 aromatic carbocycles. The van der Waals surface area contributed by atoms with Crippen LogP contribution in [-0.4, -0.2) is 14.0 Å². The van der Waals surface area contributed by atoms with Crippen LogP contribution in [0.1, 0.15) is 19.4 Å². The van der Waals surface area contributed by atoms with E-state index >= 15 is 0 Å². The normalized spacial score (nSPS) is 18.7. The van der Waals surface area contributed by atoms with E-state index in [1.54, 1.807) is 19.1 Å². The standard InChI is InChI=1S/C10H12N2/c1-8-4-5-9(7-11)10(6-8)12(2)3/h4-6H,1-3H3/i2D3,3D3. The molecule has 0 aliphatic rings. The van der Waals surface area contributed by atoms with Gasteiger partial charge in [-0.3, -0.25) is 0 Å². The molecule has 0 heterocycles. The fourth-order valence-electron chi connectivity index (χ4n) is 0.921. The first-order chi connectivity index (χ1) is 8.07. The van der Waals surface area contributed by atoms with Gasteiger partial charge in [-0.05, 0) is 24.6 Å². The Morgan fingerprint density at radius 3 is 2.83 bits per heavy atom. The molecule has 0 aliphatic heterocycles. The van der Waals surface area contributed by atoms with Gasteiger partial charge < -0.3 is 4.90 Å². The van der Waals surface area contributed by atoms with Gasteiger partial charge in [0.05, 0.1) is 11.3 Å². The number of benzene rings is 1. The Kier molecular flexibility index (Phi) is 0.951. The first-order valence-electron chi connectivity index (χ1n) is 6.38. The summed E-state index contributed by atoms with van der Waals surface area (Å²) in [5.41, 5.74) is 0.604. The Balaban J connectivity index is 3.49. The van der Waals surface area contributed by atoms with E-state index < -0.39 is 14.0 Å². The smallest absolute Gasteiger partial charge is 0.101 e. The van der Waals surface area contributed by atoms with Crippen molar-refractivity contribution in [3.05, 3.63) is 29.3 Å². The number of nitriles is 1. The maximum Gasteiger partial charge on any atom is 0.101 e. The van der Waals surface area contributed by atoms with Crippen molar-refractivity contribution in [1.29, 1.82) is 5.26 Å². The summed E-state index contributed by atoms with van der Waals surface area (Å²) in [5.74, 6) is 0. The fraction of sp³-hybridized carbons (Fsp3) is 0.300. The minimum Gasteiger partial charge on any atom is -0.377 e. The third-order valence-electron chi connectivity index (χ3n) is 1.51. The molecule has 0 aromatic heterocycles. The Morgan fingerprint density at radius 2 is 2.25 bits per heavy atom. The van der Waals surface area contributed by atoms with Gasteiger partial charge in [0.1, 0.15) is 6.07 Å². The minimum absolute atomic E-state index is 0.0212. The van der Waals surface area contributed by atoms with Gasteiger partial charge in [0.25, 0.3) is 0 Å². The monoisotopic (exact) mass is 166 g/mol. The zero-order valence-corrected chi connectivity index (χ0v) is 6.63. The topological polar surface area (TPSA) is 27.0 Å². The van der Waals surface area contributed by atoms with Crippen LogP contribution < -0.4 is 4.90 Å². The second-order valence-electron chi connectivity index (χ2n) is 2.47. The lowest BCUT2D eigenvalue weighted by Gasteiger charge is -2.14. The Bertz CT molecular complexity index is 469. The first-order valence-corrected chi connectivity index (χ1v) is 3.38. The van der Waals surface area contributed by atoms with Crippen LogP contribution in [0.15, 0.2) is 18.2 Å². The minimum atomic E-state index is -2.84. The summed E-state index contributed by atoms with van der Waals surface area (Å²) in [6, 6.07) is 6.23. The average molecular weight is 166 g/mol. The highest BCUT2D eigenvalue weighted by Crippen LogP contribution is 2.18. The lowest BCUT2D eigenvalue weighted by molar-refractivity contribution is 1.12. The molecule has 0 fully saturated rings. The highest BCUT2D eigenvalue weighted by Gasteiger charge is 2.02. The molecule has 0 radical (unpaired) electrons.